The standard InChI is InChI=1S/C20H16BrN3OS2/c1-12-8-13(2)18-16(9-12)27-20(23-18)24(11-14-4-3-7-22-10-14)19(25)15-5-6-17(21)26-15/h3-10H,11H2,1-2H3. The third-order valence-corrected chi connectivity index (χ3v) is 6.78. The van der Waals surface area contributed by atoms with E-state index >= 15 is 0 Å². The van der Waals surface area contributed by atoms with E-state index in [0.29, 0.717) is 16.6 Å². The number of rotatable bonds is 4. The summed E-state index contributed by atoms with van der Waals surface area (Å²) in [4.78, 5) is 24.7. The van der Waals surface area contributed by atoms with Gasteiger partial charge in [0.05, 0.1) is 25.4 Å². The Morgan fingerprint density at radius 3 is 2.74 bits per heavy atom. The lowest BCUT2D eigenvalue weighted by atomic mass is 10.1. The Hall–Kier alpha value is -2.09. The minimum atomic E-state index is -0.0528. The molecule has 1 aromatic carbocycles. The number of halogens is 1. The van der Waals surface area contributed by atoms with Crippen LogP contribution in [0.5, 0.6) is 0 Å². The van der Waals surface area contributed by atoms with Crippen molar-refractivity contribution in [1.29, 1.82) is 0 Å². The summed E-state index contributed by atoms with van der Waals surface area (Å²) in [5.41, 5.74) is 4.24. The lowest BCUT2D eigenvalue weighted by Crippen LogP contribution is -2.29. The average molecular weight is 458 g/mol. The number of benzene rings is 1. The molecule has 136 valence electrons. The quantitative estimate of drug-likeness (QED) is 0.378. The molecular weight excluding hydrogens is 442 g/mol. The fourth-order valence-electron chi connectivity index (χ4n) is 2.94. The molecule has 4 nitrogen and oxygen atoms in total. The normalized spacial score (nSPS) is 11.1. The first kappa shape index (κ1) is 18.3. The van der Waals surface area contributed by atoms with Crippen LogP contribution < -0.4 is 4.90 Å². The Bertz CT molecular complexity index is 1120. The van der Waals surface area contributed by atoms with Crippen molar-refractivity contribution in [3.8, 4) is 0 Å². The minimum absolute atomic E-state index is 0.0528. The van der Waals surface area contributed by atoms with Crippen molar-refractivity contribution in [3.05, 3.63) is 74.1 Å². The van der Waals surface area contributed by atoms with E-state index in [1.165, 1.54) is 16.9 Å². The molecule has 0 fully saturated rings. The summed E-state index contributed by atoms with van der Waals surface area (Å²) in [6, 6.07) is 11.8. The molecule has 0 spiro atoms. The Morgan fingerprint density at radius 1 is 1.19 bits per heavy atom. The van der Waals surface area contributed by atoms with Crippen LogP contribution in [0, 0.1) is 13.8 Å². The number of hydrogen-bond acceptors (Lipinski definition) is 5. The molecule has 4 rings (SSSR count). The second kappa shape index (κ2) is 7.50. The Morgan fingerprint density at radius 2 is 2.04 bits per heavy atom. The summed E-state index contributed by atoms with van der Waals surface area (Å²) in [7, 11) is 0. The van der Waals surface area contributed by atoms with E-state index < -0.39 is 0 Å². The lowest BCUT2D eigenvalue weighted by molar-refractivity contribution is 0.0989. The summed E-state index contributed by atoms with van der Waals surface area (Å²) in [5, 5.41) is 0.706. The number of thiophene rings is 1. The van der Waals surface area contributed by atoms with Gasteiger partial charge in [-0.15, -0.1) is 11.3 Å². The lowest BCUT2D eigenvalue weighted by Gasteiger charge is -2.19. The van der Waals surface area contributed by atoms with Gasteiger partial charge in [-0.1, -0.05) is 23.5 Å². The van der Waals surface area contributed by atoms with Crippen LogP contribution in [0.1, 0.15) is 26.4 Å². The molecule has 0 atom stereocenters. The largest absolute Gasteiger partial charge is 0.279 e. The molecule has 0 aliphatic rings. The number of aromatic nitrogens is 2. The smallest absolute Gasteiger partial charge is 0.270 e. The first-order chi connectivity index (χ1) is 13.0. The van der Waals surface area contributed by atoms with Gasteiger partial charge in [0.2, 0.25) is 0 Å². The Kier molecular flexibility index (Phi) is 5.08. The zero-order valence-electron chi connectivity index (χ0n) is 14.8. The number of carbonyl (C=O) groups excluding carboxylic acids is 1. The molecule has 7 heteroatoms. The summed E-state index contributed by atoms with van der Waals surface area (Å²) in [6.45, 7) is 4.57. The summed E-state index contributed by atoms with van der Waals surface area (Å²) >= 11 is 6.42. The second-order valence-electron chi connectivity index (χ2n) is 6.28. The van der Waals surface area contributed by atoms with Gasteiger partial charge in [0.25, 0.3) is 5.91 Å². The number of hydrogen-bond donors (Lipinski definition) is 0. The molecule has 0 unspecified atom stereocenters. The molecule has 0 aliphatic heterocycles. The van der Waals surface area contributed by atoms with Gasteiger partial charge in [0, 0.05) is 12.4 Å². The van der Waals surface area contributed by atoms with Crippen molar-refractivity contribution in [2.75, 3.05) is 4.90 Å². The van der Waals surface area contributed by atoms with E-state index in [9.17, 15) is 4.79 Å². The Balaban J connectivity index is 1.79. The molecule has 3 heterocycles. The second-order valence-corrected chi connectivity index (χ2v) is 9.75. The molecule has 3 aromatic heterocycles. The van der Waals surface area contributed by atoms with E-state index in [1.54, 1.807) is 28.6 Å². The number of anilines is 1. The van der Waals surface area contributed by atoms with Gasteiger partial charge < -0.3 is 0 Å². The van der Waals surface area contributed by atoms with E-state index in [2.05, 4.69) is 46.9 Å². The van der Waals surface area contributed by atoms with Crippen molar-refractivity contribution in [2.24, 2.45) is 0 Å². The van der Waals surface area contributed by atoms with Crippen molar-refractivity contribution in [1.82, 2.24) is 9.97 Å². The fourth-order valence-corrected chi connectivity index (χ4v) is 5.41. The van der Waals surface area contributed by atoms with Crippen LogP contribution in [-0.4, -0.2) is 15.9 Å². The van der Waals surface area contributed by atoms with E-state index in [1.807, 2.05) is 24.3 Å². The maximum Gasteiger partial charge on any atom is 0.270 e. The van der Waals surface area contributed by atoms with Crippen molar-refractivity contribution in [3.63, 3.8) is 0 Å². The molecule has 0 bridgehead atoms. The molecule has 0 aliphatic carbocycles. The average Bonchev–Trinajstić information content (AvgIpc) is 3.26. The van der Waals surface area contributed by atoms with E-state index in [0.717, 1.165) is 25.1 Å². The minimum Gasteiger partial charge on any atom is -0.279 e. The van der Waals surface area contributed by atoms with E-state index in [4.69, 9.17) is 4.98 Å². The van der Waals surface area contributed by atoms with Gasteiger partial charge in [-0.05, 0) is 70.7 Å². The van der Waals surface area contributed by atoms with Gasteiger partial charge in [0.1, 0.15) is 0 Å². The number of amides is 1. The van der Waals surface area contributed by atoms with Crippen molar-refractivity contribution in [2.45, 2.75) is 20.4 Å². The van der Waals surface area contributed by atoms with E-state index in [-0.39, 0.29) is 5.91 Å². The molecule has 0 saturated heterocycles. The van der Waals surface area contributed by atoms with Gasteiger partial charge in [0.15, 0.2) is 5.13 Å². The maximum absolute atomic E-state index is 13.3. The topological polar surface area (TPSA) is 46.1 Å². The number of fused-ring (bicyclic) bond motifs is 1. The number of nitrogens with zero attached hydrogens (tertiary/aromatic N) is 3. The molecule has 0 saturated carbocycles. The van der Waals surface area contributed by atoms with Crippen LogP contribution in [0.2, 0.25) is 0 Å². The highest BCUT2D eigenvalue weighted by Gasteiger charge is 2.23. The number of carbonyl (C=O) groups is 1. The molecule has 27 heavy (non-hydrogen) atoms. The van der Waals surface area contributed by atoms with Crippen LogP contribution in [0.4, 0.5) is 5.13 Å². The first-order valence-electron chi connectivity index (χ1n) is 8.35. The summed E-state index contributed by atoms with van der Waals surface area (Å²) in [6.07, 6.45) is 3.52. The van der Waals surface area contributed by atoms with Gasteiger partial charge in [-0.3, -0.25) is 14.7 Å². The van der Waals surface area contributed by atoms with Gasteiger partial charge in [-0.25, -0.2) is 4.98 Å². The molecule has 4 aromatic rings. The van der Waals surface area contributed by atoms with Gasteiger partial charge >= 0.3 is 0 Å². The van der Waals surface area contributed by atoms with Crippen LogP contribution in [0.15, 0.2) is 52.6 Å². The fraction of sp³-hybridized carbons (Fsp3) is 0.150. The zero-order chi connectivity index (χ0) is 19.0. The first-order valence-corrected chi connectivity index (χ1v) is 10.8. The summed E-state index contributed by atoms with van der Waals surface area (Å²) < 4.78 is 2.03. The predicted molar refractivity (Wildman–Crippen MR) is 116 cm³/mol. The highest BCUT2D eigenvalue weighted by Crippen LogP contribution is 2.34. The SMILES string of the molecule is Cc1cc(C)c2nc(N(Cc3cccnc3)C(=O)c3ccc(Br)s3)sc2c1. The van der Waals surface area contributed by atoms with Crippen LogP contribution in [0.25, 0.3) is 10.2 Å². The predicted octanol–water partition coefficient (Wildman–Crippen LogP) is 5.98. The highest BCUT2D eigenvalue weighted by atomic mass is 79.9. The van der Waals surface area contributed by atoms with Crippen LogP contribution in [-0.2, 0) is 6.54 Å². The maximum atomic E-state index is 13.3. The highest BCUT2D eigenvalue weighted by molar-refractivity contribution is 9.11. The van der Waals surface area contributed by atoms with Crippen LogP contribution in [0.3, 0.4) is 0 Å². The number of pyridine rings is 1. The molecule has 1 amide bonds. The third kappa shape index (κ3) is 3.81. The Labute approximate surface area is 173 Å². The number of thiazole rings is 1. The van der Waals surface area contributed by atoms with Crippen molar-refractivity contribution < 1.29 is 4.79 Å². The molecule has 0 radical (unpaired) electrons. The van der Waals surface area contributed by atoms with Gasteiger partial charge in [-0.2, -0.15) is 0 Å². The van der Waals surface area contributed by atoms with Crippen molar-refractivity contribution >= 4 is 59.9 Å². The number of aryl methyl sites for hydroxylation is 2. The van der Waals surface area contributed by atoms with Crippen LogP contribution >= 0.6 is 38.6 Å². The zero-order valence-corrected chi connectivity index (χ0v) is 18.0. The summed E-state index contributed by atoms with van der Waals surface area (Å²) in [5.74, 6) is -0.0528. The molecule has 0 N–H and O–H groups in total. The third-order valence-electron chi connectivity index (χ3n) is 4.14. The monoisotopic (exact) mass is 457 g/mol. The molecular formula is C20H16BrN3OS2.